The Hall–Kier alpha value is -3.61. The van der Waals surface area contributed by atoms with Crippen molar-refractivity contribution >= 4 is 34.3 Å². The molecule has 30 heavy (non-hydrogen) atoms. The second-order valence-corrected chi connectivity index (χ2v) is 7.11. The number of ketones is 1. The molecule has 7 heteroatoms. The molecule has 154 valence electrons. The van der Waals surface area contributed by atoms with Gasteiger partial charge in [0.05, 0.1) is 7.11 Å². The summed E-state index contributed by atoms with van der Waals surface area (Å²) in [5.74, 6) is -0.232. The monoisotopic (exact) mass is 407 g/mol. The molecule has 0 aliphatic carbocycles. The zero-order chi connectivity index (χ0) is 21.3. The summed E-state index contributed by atoms with van der Waals surface area (Å²) in [6.07, 6.45) is 1.38. The number of anilines is 1. The van der Waals surface area contributed by atoms with E-state index in [9.17, 15) is 14.4 Å². The molecule has 2 heterocycles. The van der Waals surface area contributed by atoms with Gasteiger partial charge in [0.25, 0.3) is 0 Å². The lowest BCUT2D eigenvalue weighted by atomic mass is 10.1. The van der Waals surface area contributed by atoms with E-state index in [-0.39, 0.29) is 17.5 Å². The number of carbonyl (C=O) groups excluding carboxylic acids is 3. The lowest BCUT2D eigenvalue weighted by Gasteiger charge is -2.15. The van der Waals surface area contributed by atoms with E-state index >= 15 is 0 Å². The van der Waals surface area contributed by atoms with E-state index in [0.717, 1.165) is 17.5 Å². The van der Waals surface area contributed by atoms with Crippen molar-refractivity contribution in [1.29, 1.82) is 0 Å². The summed E-state index contributed by atoms with van der Waals surface area (Å²) in [6.45, 7) is 2.04. The molecule has 1 saturated heterocycles. The van der Waals surface area contributed by atoms with Gasteiger partial charge in [-0.15, -0.1) is 0 Å². The summed E-state index contributed by atoms with van der Waals surface area (Å²) in [5, 5.41) is 0.750. The van der Waals surface area contributed by atoms with Crippen molar-refractivity contribution < 1.29 is 28.3 Å². The van der Waals surface area contributed by atoms with Crippen LogP contribution in [0.15, 0.2) is 46.9 Å². The molecule has 1 aliphatic heterocycles. The molecule has 0 saturated carbocycles. The van der Waals surface area contributed by atoms with Gasteiger partial charge in [-0.3, -0.25) is 9.59 Å². The van der Waals surface area contributed by atoms with Crippen LogP contribution in [-0.2, 0) is 9.53 Å². The molecule has 4 rings (SSSR count). The number of carbonyl (C=O) groups is 3. The molecule has 0 bridgehead atoms. The molecule has 1 fully saturated rings. The number of hydrogen-bond acceptors (Lipinski definition) is 6. The third kappa shape index (κ3) is 3.66. The van der Waals surface area contributed by atoms with Crippen molar-refractivity contribution in [3.05, 3.63) is 59.4 Å². The number of hydrogen-bond donors (Lipinski definition) is 0. The Balaban J connectivity index is 1.42. The first-order chi connectivity index (χ1) is 14.5. The number of rotatable bonds is 6. The fourth-order valence-electron chi connectivity index (χ4n) is 3.55. The maximum absolute atomic E-state index is 12.4. The molecule has 1 aromatic heterocycles. The van der Waals surface area contributed by atoms with Gasteiger partial charge >= 0.3 is 5.97 Å². The van der Waals surface area contributed by atoms with Crippen molar-refractivity contribution in [1.82, 2.24) is 0 Å². The van der Waals surface area contributed by atoms with Gasteiger partial charge in [0.2, 0.25) is 11.7 Å². The first kappa shape index (κ1) is 19.7. The Bertz CT molecular complexity index is 1130. The van der Waals surface area contributed by atoms with Crippen molar-refractivity contribution in [2.24, 2.45) is 0 Å². The number of benzene rings is 2. The van der Waals surface area contributed by atoms with Crippen molar-refractivity contribution in [2.45, 2.75) is 19.8 Å². The SMILES string of the molecule is COc1ccc2oc(C(=O)OCC(=O)c3ccc(N4CCCC4=O)cc3)c(C)c2c1. The van der Waals surface area contributed by atoms with Gasteiger partial charge in [0.15, 0.2) is 12.4 Å². The first-order valence-electron chi connectivity index (χ1n) is 9.66. The van der Waals surface area contributed by atoms with E-state index in [1.165, 1.54) is 0 Å². The van der Waals surface area contributed by atoms with Crippen LogP contribution in [0.25, 0.3) is 11.0 Å². The van der Waals surface area contributed by atoms with E-state index < -0.39 is 12.6 Å². The topological polar surface area (TPSA) is 86.1 Å². The Morgan fingerprint density at radius 1 is 1.13 bits per heavy atom. The lowest BCUT2D eigenvalue weighted by Crippen LogP contribution is -2.23. The lowest BCUT2D eigenvalue weighted by molar-refractivity contribution is -0.117. The Labute approximate surface area is 173 Å². The summed E-state index contributed by atoms with van der Waals surface area (Å²) in [6, 6.07) is 12.0. The van der Waals surface area contributed by atoms with Crippen molar-refractivity contribution in [3.8, 4) is 5.75 Å². The average Bonchev–Trinajstić information content (AvgIpc) is 3.34. The quantitative estimate of drug-likeness (QED) is 0.455. The highest BCUT2D eigenvalue weighted by Crippen LogP contribution is 2.29. The number of methoxy groups -OCH3 is 1. The minimum Gasteiger partial charge on any atom is -0.497 e. The predicted octanol–water partition coefficient (Wildman–Crippen LogP) is 3.92. The number of ether oxygens (including phenoxy) is 2. The number of esters is 1. The molecule has 1 amide bonds. The van der Waals surface area contributed by atoms with Crippen LogP contribution in [-0.4, -0.2) is 37.9 Å². The maximum atomic E-state index is 12.4. The van der Waals surface area contributed by atoms with Crippen LogP contribution in [0, 0.1) is 6.92 Å². The third-order valence-electron chi connectivity index (χ3n) is 5.24. The molecular weight excluding hydrogens is 386 g/mol. The summed E-state index contributed by atoms with van der Waals surface area (Å²) < 4.78 is 16.0. The fourth-order valence-corrected chi connectivity index (χ4v) is 3.55. The molecule has 2 aromatic carbocycles. The highest BCUT2D eigenvalue weighted by Gasteiger charge is 2.23. The van der Waals surface area contributed by atoms with Gasteiger partial charge in [0, 0.05) is 35.2 Å². The molecule has 3 aromatic rings. The highest BCUT2D eigenvalue weighted by atomic mass is 16.5. The van der Waals surface area contributed by atoms with Crippen LogP contribution in [0.2, 0.25) is 0 Å². The molecule has 0 unspecified atom stereocenters. The third-order valence-corrected chi connectivity index (χ3v) is 5.24. The van der Waals surface area contributed by atoms with Crippen molar-refractivity contribution in [2.75, 3.05) is 25.2 Å². The predicted molar refractivity (Wildman–Crippen MR) is 110 cm³/mol. The molecule has 0 N–H and O–H groups in total. The summed E-state index contributed by atoms with van der Waals surface area (Å²) >= 11 is 0. The minimum absolute atomic E-state index is 0.0638. The number of aryl methyl sites for hydroxylation is 1. The zero-order valence-electron chi connectivity index (χ0n) is 16.8. The summed E-state index contributed by atoms with van der Waals surface area (Å²) in [5.41, 5.74) is 2.34. The van der Waals surface area contributed by atoms with E-state index in [2.05, 4.69) is 0 Å². The molecule has 0 spiro atoms. The van der Waals surface area contributed by atoms with Crippen LogP contribution in [0.4, 0.5) is 5.69 Å². The Kier molecular flexibility index (Phi) is 5.27. The van der Waals surface area contributed by atoms with Gasteiger partial charge in [-0.25, -0.2) is 4.79 Å². The van der Waals surface area contributed by atoms with Crippen LogP contribution < -0.4 is 9.64 Å². The van der Waals surface area contributed by atoms with E-state index in [0.29, 0.717) is 35.4 Å². The van der Waals surface area contributed by atoms with Crippen molar-refractivity contribution in [3.63, 3.8) is 0 Å². The average molecular weight is 407 g/mol. The number of furan rings is 1. The number of fused-ring (bicyclic) bond motifs is 1. The smallest absolute Gasteiger partial charge is 0.375 e. The van der Waals surface area contributed by atoms with Crippen LogP contribution >= 0.6 is 0 Å². The normalized spacial score (nSPS) is 13.7. The zero-order valence-corrected chi connectivity index (χ0v) is 16.8. The van der Waals surface area contributed by atoms with E-state index in [1.54, 1.807) is 61.4 Å². The van der Waals surface area contributed by atoms with Gasteiger partial charge in [0.1, 0.15) is 11.3 Å². The summed E-state index contributed by atoms with van der Waals surface area (Å²) in [4.78, 5) is 38.4. The standard InChI is InChI=1S/C23H21NO6/c1-14-18-12-17(28-2)9-10-20(18)30-22(14)23(27)29-13-19(25)15-5-7-16(8-6-15)24-11-3-4-21(24)26/h5-10,12H,3-4,11,13H2,1-2H3. The molecule has 0 radical (unpaired) electrons. The maximum Gasteiger partial charge on any atom is 0.375 e. The fraction of sp³-hybridized carbons (Fsp3) is 0.261. The van der Waals surface area contributed by atoms with E-state index in [1.807, 2.05) is 0 Å². The second-order valence-electron chi connectivity index (χ2n) is 7.11. The minimum atomic E-state index is -0.699. The summed E-state index contributed by atoms with van der Waals surface area (Å²) in [7, 11) is 1.56. The number of Topliss-reactive ketones (excluding diaryl/α,β-unsaturated/α-hetero) is 1. The molecule has 7 nitrogen and oxygen atoms in total. The Morgan fingerprint density at radius 2 is 1.90 bits per heavy atom. The van der Waals surface area contributed by atoms with Gasteiger partial charge < -0.3 is 18.8 Å². The van der Waals surface area contributed by atoms with Crippen LogP contribution in [0.1, 0.15) is 39.3 Å². The highest BCUT2D eigenvalue weighted by molar-refractivity contribution is 6.01. The van der Waals surface area contributed by atoms with Gasteiger partial charge in [-0.05, 0) is 55.8 Å². The second kappa shape index (κ2) is 8.02. The first-order valence-corrected chi connectivity index (χ1v) is 9.66. The molecular formula is C23H21NO6. The molecule has 0 atom stereocenters. The number of nitrogens with zero attached hydrogens (tertiary/aromatic N) is 1. The molecule has 1 aliphatic rings. The Morgan fingerprint density at radius 3 is 2.57 bits per heavy atom. The largest absolute Gasteiger partial charge is 0.497 e. The number of amides is 1. The van der Waals surface area contributed by atoms with E-state index in [4.69, 9.17) is 13.9 Å². The van der Waals surface area contributed by atoms with Crippen LogP contribution in [0.3, 0.4) is 0 Å². The van der Waals surface area contributed by atoms with Gasteiger partial charge in [-0.1, -0.05) is 0 Å². The van der Waals surface area contributed by atoms with Gasteiger partial charge in [-0.2, -0.15) is 0 Å². The van der Waals surface area contributed by atoms with Crippen LogP contribution in [0.5, 0.6) is 5.75 Å².